The molecular formula is C10H7F6N. The molecule has 0 bridgehead atoms. The van der Waals surface area contributed by atoms with Crippen molar-refractivity contribution in [2.75, 3.05) is 0 Å². The molecule has 0 aliphatic rings. The normalized spacial score (nSPS) is 12.6. The number of halogens is 6. The molecule has 1 rings (SSSR count). The maximum Gasteiger partial charge on any atom is 0.416 e. The quantitative estimate of drug-likeness (QED) is 0.761. The van der Waals surface area contributed by atoms with Crippen LogP contribution in [-0.2, 0) is 12.4 Å². The van der Waals surface area contributed by atoms with Crippen molar-refractivity contribution in [1.29, 1.82) is 0 Å². The zero-order valence-corrected chi connectivity index (χ0v) is 8.28. The Morgan fingerprint density at radius 3 is 1.47 bits per heavy atom. The van der Waals surface area contributed by atoms with Crippen LogP contribution in [0, 0.1) is 0 Å². The Bertz CT molecular complexity index is 411. The van der Waals surface area contributed by atoms with E-state index < -0.39 is 29.0 Å². The predicted molar refractivity (Wildman–Crippen MR) is 49.7 cm³/mol. The van der Waals surface area contributed by atoms with Gasteiger partial charge in [-0.15, -0.1) is 0 Å². The Kier molecular flexibility index (Phi) is 3.13. The van der Waals surface area contributed by atoms with Crippen molar-refractivity contribution in [3.8, 4) is 0 Å². The molecule has 0 radical (unpaired) electrons. The highest BCUT2D eigenvalue weighted by molar-refractivity contribution is 5.62. The number of nitrogens with two attached hydrogens (primary N) is 1. The average Bonchev–Trinajstić information content (AvgIpc) is 2.14. The molecule has 0 heterocycles. The summed E-state index contributed by atoms with van der Waals surface area (Å²) in [7, 11) is 0. The standard InChI is InChI=1S/C10H7F6N/c1-5(17)6-2-7(9(11,12)13)4-8(3-6)10(14,15)16/h2-4H,1,17H2. The van der Waals surface area contributed by atoms with Crippen LogP contribution in [0.25, 0.3) is 5.70 Å². The summed E-state index contributed by atoms with van der Waals surface area (Å²) in [5.41, 5.74) is 1.54. The molecule has 0 aromatic heterocycles. The molecule has 0 aliphatic carbocycles. The lowest BCUT2D eigenvalue weighted by molar-refractivity contribution is -0.143. The summed E-state index contributed by atoms with van der Waals surface area (Å²) in [4.78, 5) is 0. The lowest BCUT2D eigenvalue weighted by atomic mass is 10.0. The Morgan fingerprint density at radius 2 is 1.24 bits per heavy atom. The Hall–Kier alpha value is -1.66. The van der Waals surface area contributed by atoms with Crippen LogP contribution in [0.4, 0.5) is 26.3 Å². The van der Waals surface area contributed by atoms with Crippen molar-refractivity contribution in [1.82, 2.24) is 0 Å². The Morgan fingerprint density at radius 1 is 0.882 bits per heavy atom. The van der Waals surface area contributed by atoms with E-state index in [1.54, 1.807) is 0 Å². The summed E-state index contributed by atoms with van der Waals surface area (Å²) in [6, 6.07) is 1.08. The predicted octanol–water partition coefficient (Wildman–Crippen LogP) is 3.65. The Balaban J connectivity index is 3.45. The summed E-state index contributed by atoms with van der Waals surface area (Å²) < 4.78 is 74.2. The minimum atomic E-state index is -4.87. The number of benzene rings is 1. The van der Waals surface area contributed by atoms with E-state index in [1.165, 1.54) is 0 Å². The Labute approximate surface area is 92.5 Å². The van der Waals surface area contributed by atoms with Crippen molar-refractivity contribution >= 4 is 5.70 Å². The molecule has 0 unspecified atom stereocenters. The first kappa shape index (κ1) is 13.4. The molecule has 0 fully saturated rings. The monoisotopic (exact) mass is 255 g/mol. The van der Waals surface area contributed by atoms with E-state index in [0.717, 1.165) is 0 Å². The number of hydrogen-bond donors (Lipinski definition) is 1. The highest BCUT2D eigenvalue weighted by Gasteiger charge is 2.36. The molecule has 0 atom stereocenters. The summed E-state index contributed by atoms with van der Waals surface area (Å²) in [6.07, 6.45) is -9.74. The molecule has 7 heteroatoms. The summed E-state index contributed by atoms with van der Waals surface area (Å²) in [5, 5.41) is 0. The zero-order valence-electron chi connectivity index (χ0n) is 8.28. The number of alkyl halides is 6. The third-order valence-corrected chi connectivity index (χ3v) is 1.96. The van der Waals surface area contributed by atoms with Gasteiger partial charge in [0.2, 0.25) is 0 Å². The third kappa shape index (κ3) is 3.15. The van der Waals surface area contributed by atoms with Crippen molar-refractivity contribution in [2.24, 2.45) is 5.73 Å². The van der Waals surface area contributed by atoms with Gasteiger partial charge in [-0.1, -0.05) is 6.58 Å². The van der Waals surface area contributed by atoms with Gasteiger partial charge in [0.1, 0.15) is 0 Å². The van der Waals surface area contributed by atoms with Crippen molar-refractivity contribution < 1.29 is 26.3 Å². The van der Waals surface area contributed by atoms with Gasteiger partial charge in [-0.25, -0.2) is 0 Å². The van der Waals surface area contributed by atoms with Crippen LogP contribution in [-0.4, -0.2) is 0 Å². The van der Waals surface area contributed by atoms with Gasteiger partial charge in [0.15, 0.2) is 0 Å². The van der Waals surface area contributed by atoms with E-state index in [9.17, 15) is 26.3 Å². The molecule has 94 valence electrons. The van der Waals surface area contributed by atoms with E-state index in [-0.39, 0.29) is 11.8 Å². The van der Waals surface area contributed by atoms with Gasteiger partial charge in [-0.05, 0) is 23.8 Å². The fourth-order valence-electron chi connectivity index (χ4n) is 1.14. The number of rotatable bonds is 1. The minimum Gasteiger partial charge on any atom is -0.399 e. The van der Waals surface area contributed by atoms with Crippen LogP contribution in [0.15, 0.2) is 24.8 Å². The third-order valence-electron chi connectivity index (χ3n) is 1.96. The van der Waals surface area contributed by atoms with Crippen molar-refractivity contribution in [3.05, 3.63) is 41.5 Å². The lowest BCUT2D eigenvalue weighted by Gasteiger charge is -2.13. The average molecular weight is 255 g/mol. The van der Waals surface area contributed by atoms with E-state index in [4.69, 9.17) is 5.73 Å². The summed E-state index contributed by atoms with van der Waals surface area (Å²) in [5.74, 6) is 0. The molecule has 0 aliphatic heterocycles. The van der Waals surface area contributed by atoms with Crippen LogP contribution in [0.1, 0.15) is 16.7 Å². The van der Waals surface area contributed by atoms with Crippen LogP contribution in [0.5, 0.6) is 0 Å². The smallest absolute Gasteiger partial charge is 0.399 e. The van der Waals surface area contributed by atoms with Crippen LogP contribution in [0.3, 0.4) is 0 Å². The fourth-order valence-corrected chi connectivity index (χ4v) is 1.14. The SMILES string of the molecule is C=C(N)c1cc(C(F)(F)F)cc(C(F)(F)F)c1. The molecule has 0 saturated heterocycles. The molecule has 1 aromatic rings. The molecule has 0 amide bonds. The maximum atomic E-state index is 12.4. The highest BCUT2D eigenvalue weighted by atomic mass is 19.4. The second-order valence-corrected chi connectivity index (χ2v) is 3.32. The van der Waals surface area contributed by atoms with Gasteiger partial charge in [0.05, 0.1) is 11.1 Å². The molecular weight excluding hydrogens is 248 g/mol. The first-order chi connectivity index (χ1) is 7.51. The molecule has 0 spiro atoms. The number of hydrogen-bond acceptors (Lipinski definition) is 1. The van der Waals surface area contributed by atoms with Crippen LogP contribution in [0.2, 0.25) is 0 Å². The first-order valence-corrected chi connectivity index (χ1v) is 4.26. The summed E-state index contributed by atoms with van der Waals surface area (Å²) >= 11 is 0. The molecule has 2 N–H and O–H groups in total. The minimum absolute atomic E-state index is 0.0342. The van der Waals surface area contributed by atoms with Crippen molar-refractivity contribution in [2.45, 2.75) is 12.4 Å². The van der Waals surface area contributed by atoms with Gasteiger partial charge in [0.25, 0.3) is 0 Å². The van der Waals surface area contributed by atoms with Gasteiger partial charge in [0, 0.05) is 5.70 Å². The van der Waals surface area contributed by atoms with Gasteiger partial charge >= 0.3 is 12.4 Å². The van der Waals surface area contributed by atoms with E-state index in [1.807, 2.05) is 0 Å². The van der Waals surface area contributed by atoms with Crippen LogP contribution >= 0.6 is 0 Å². The second-order valence-electron chi connectivity index (χ2n) is 3.32. The van der Waals surface area contributed by atoms with Crippen molar-refractivity contribution in [3.63, 3.8) is 0 Å². The lowest BCUT2D eigenvalue weighted by Crippen LogP contribution is -2.12. The topological polar surface area (TPSA) is 26.0 Å². The molecule has 17 heavy (non-hydrogen) atoms. The largest absolute Gasteiger partial charge is 0.416 e. The zero-order chi connectivity index (χ0) is 13.4. The molecule has 1 nitrogen and oxygen atoms in total. The summed E-state index contributed by atoms with van der Waals surface area (Å²) in [6.45, 7) is 3.11. The van der Waals surface area contributed by atoms with Gasteiger partial charge in [-0.2, -0.15) is 26.3 Å². The van der Waals surface area contributed by atoms with Crippen LogP contribution < -0.4 is 5.73 Å². The van der Waals surface area contributed by atoms with Gasteiger partial charge in [-0.3, -0.25) is 0 Å². The second kappa shape index (κ2) is 3.97. The van der Waals surface area contributed by atoms with E-state index in [0.29, 0.717) is 12.1 Å². The van der Waals surface area contributed by atoms with E-state index in [2.05, 4.69) is 6.58 Å². The highest BCUT2D eigenvalue weighted by Crippen LogP contribution is 2.36. The first-order valence-electron chi connectivity index (χ1n) is 4.26. The van der Waals surface area contributed by atoms with Gasteiger partial charge < -0.3 is 5.73 Å². The maximum absolute atomic E-state index is 12.4. The van der Waals surface area contributed by atoms with E-state index >= 15 is 0 Å². The molecule has 0 saturated carbocycles. The fraction of sp³-hybridized carbons (Fsp3) is 0.200. The molecule has 1 aromatic carbocycles.